The van der Waals surface area contributed by atoms with Crippen molar-refractivity contribution in [3.8, 4) is 0 Å². The van der Waals surface area contributed by atoms with Gasteiger partial charge in [0.1, 0.15) is 11.6 Å². The molecule has 0 atom stereocenters. The van der Waals surface area contributed by atoms with Gasteiger partial charge in [-0.05, 0) is 13.0 Å². The number of aryl methyl sites for hydroxylation is 1. The zero-order valence-electron chi connectivity index (χ0n) is 9.71. The summed E-state index contributed by atoms with van der Waals surface area (Å²) in [6.45, 7) is 1.92. The number of rotatable bonds is 4. The van der Waals surface area contributed by atoms with E-state index in [1.165, 1.54) is 0 Å². The van der Waals surface area contributed by atoms with Crippen molar-refractivity contribution < 1.29 is 0 Å². The lowest BCUT2D eigenvalue weighted by Gasteiger charge is -2.06. The van der Waals surface area contributed by atoms with Crippen LogP contribution in [0.15, 0.2) is 23.5 Å². The first-order valence-corrected chi connectivity index (χ1v) is 6.10. The molecule has 17 heavy (non-hydrogen) atoms. The Bertz CT molecular complexity index is 509. The van der Waals surface area contributed by atoms with Gasteiger partial charge in [0.25, 0.3) is 0 Å². The molecule has 7 heteroatoms. The zero-order valence-corrected chi connectivity index (χ0v) is 10.5. The molecule has 0 amide bonds. The highest BCUT2D eigenvalue weighted by Crippen LogP contribution is 2.23. The Hall–Kier alpha value is -1.60. The maximum absolute atomic E-state index is 5.40. The molecule has 0 aromatic carbocycles. The van der Waals surface area contributed by atoms with E-state index in [0.717, 1.165) is 22.3 Å². The van der Waals surface area contributed by atoms with Gasteiger partial charge in [-0.1, -0.05) is 17.8 Å². The molecule has 0 radical (unpaired) electrons. The van der Waals surface area contributed by atoms with Crippen molar-refractivity contribution in [2.75, 3.05) is 5.43 Å². The molecule has 0 fully saturated rings. The van der Waals surface area contributed by atoms with Crippen molar-refractivity contribution >= 4 is 17.6 Å². The van der Waals surface area contributed by atoms with E-state index in [0.29, 0.717) is 5.82 Å². The second-order valence-electron chi connectivity index (χ2n) is 3.53. The van der Waals surface area contributed by atoms with Crippen LogP contribution in [-0.4, -0.2) is 19.7 Å². The zero-order chi connectivity index (χ0) is 12.3. The van der Waals surface area contributed by atoms with E-state index in [1.807, 2.05) is 30.7 Å². The van der Waals surface area contributed by atoms with Crippen molar-refractivity contribution in [2.24, 2.45) is 12.9 Å². The summed E-state index contributed by atoms with van der Waals surface area (Å²) in [6, 6.07) is 3.87. The predicted molar refractivity (Wildman–Crippen MR) is 67.3 cm³/mol. The van der Waals surface area contributed by atoms with Crippen LogP contribution in [-0.2, 0) is 12.8 Å². The van der Waals surface area contributed by atoms with Crippen molar-refractivity contribution in [3.63, 3.8) is 0 Å². The molecule has 0 aliphatic rings. The van der Waals surface area contributed by atoms with Crippen LogP contribution in [0, 0.1) is 6.92 Å². The molecular weight excluding hydrogens is 236 g/mol. The van der Waals surface area contributed by atoms with Gasteiger partial charge in [-0.15, -0.1) is 10.2 Å². The second kappa shape index (κ2) is 5.15. The van der Waals surface area contributed by atoms with Crippen LogP contribution in [0.1, 0.15) is 11.4 Å². The largest absolute Gasteiger partial charge is 0.309 e. The highest BCUT2D eigenvalue weighted by atomic mass is 32.2. The fraction of sp³-hybridized carbons (Fsp3) is 0.300. The topological polar surface area (TPSA) is 81.7 Å². The summed E-state index contributed by atoms with van der Waals surface area (Å²) in [4.78, 5) is 4.14. The first-order chi connectivity index (χ1) is 8.22. The molecule has 2 heterocycles. The minimum Gasteiger partial charge on any atom is -0.309 e. The van der Waals surface area contributed by atoms with Crippen LogP contribution in [0.25, 0.3) is 0 Å². The normalized spacial score (nSPS) is 10.5. The molecule has 0 spiro atoms. The number of aromatic nitrogens is 4. The number of hydrogen-bond acceptors (Lipinski definition) is 6. The van der Waals surface area contributed by atoms with Crippen molar-refractivity contribution in [1.29, 1.82) is 0 Å². The maximum Gasteiger partial charge on any atom is 0.191 e. The lowest BCUT2D eigenvalue weighted by Crippen LogP contribution is -2.10. The average molecular weight is 250 g/mol. The van der Waals surface area contributed by atoms with Gasteiger partial charge in [-0.3, -0.25) is 0 Å². The summed E-state index contributed by atoms with van der Waals surface area (Å²) in [5, 5.41) is 8.98. The van der Waals surface area contributed by atoms with Crippen molar-refractivity contribution in [3.05, 3.63) is 29.7 Å². The van der Waals surface area contributed by atoms with Gasteiger partial charge < -0.3 is 9.99 Å². The number of nitrogen functional groups attached to an aromatic ring is 1. The number of hydrazine groups is 1. The quantitative estimate of drug-likeness (QED) is 0.480. The van der Waals surface area contributed by atoms with Crippen LogP contribution in [0.5, 0.6) is 0 Å². The molecule has 0 saturated carbocycles. The van der Waals surface area contributed by atoms with E-state index >= 15 is 0 Å². The minimum atomic E-state index is 0.693. The molecule has 0 aliphatic heterocycles. The average Bonchev–Trinajstić information content (AvgIpc) is 2.68. The molecule has 2 aromatic heterocycles. The Morgan fingerprint density at radius 2 is 2.29 bits per heavy atom. The van der Waals surface area contributed by atoms with E-state index in [4.69, 9.17) is 5.84 Å². The Labute approximate surface area is 104 Å². The molecule has 2 aromatic rings. The second-order valence-corrected chi connectivity index (χ2v) is 4.48. The number of hydrogen-bond donors (Lipinski definition) is 2. The summed E-state index contributed by atoms with van der Waals surface area (Å²) in [5.41, 5.74) is 3.63. The van der Waals surface area contributed by atoms with E-state index in [9.17, 15) is 0 Å². The Kier molecular flexibility index (Phi) is 3.60. The Morgan fingerprint density at radius 3 is 2.94 bits per heavy atom. The molecule has 0 aliphatic carbocycles. The number of nitrogens with one attached hydrogen (secondary N) is 1. The smallest absolute Gasteiger partial charge is 0.191 e. The minimum absolute atomic E-state index is 0.693. The molecule has 90 valence electrons. The van der Waals surface area contributed by atoms with Gasteiger partial charge in [0.05, 0.1) is 0 Å². The van der Waals surface area contributed by atoms with Gasteiger partial charge in [-0.25, -0.2) is 10.8 Å². The van der Waals surface area contributed by atoms with Crippen LogP contribution < -0.4 is 11.3 Å². The molecule has 0 saturated heterocycles. The summed E-state index contributed by atoms with van der Waals surface area (Å²) in [7, 11) is 1.95. The van der Waals surface area contributed by atoms with E-state index in [-0.39, 0.29) is 0 Å². The highest BCUT2D eigenvalue weighted by Gasteiger charge is 2.08. The number of nitrogens with two attached hydrogens (primary N) is 1. The maximum atomic E-state index is 5.40. The molecular formula is C10H14N6S. The monoisotopic (exact) mass is 250 g/mol. The number of thioether (sulfide) groups is 1. The fourth-order valence-electron chi connectivity index (χ4n) is 1.34. The summed E-state index contributed by atoms with van der Waals surface area (Å²) < 4.78 is 1.95. The van der Waals surface area contributed by atoms with Crippen molar-refractivity contribution in [1.82, 2.24) is 19.7 Å². The molecule has 3 N–H and O–H groups in total. The third kappa shape index (κ3) is 2.56. The molecule has 2 rings (SSSR count). The van der Waals surface area contributed by atoms with Gasteiger partial charge in [0.15, 0.2) is 5.16 Å². The summed E-state index contributed by atoms with van der Waals surface area (Å²) in [6.07, 6.45) is 1.70. The van der Waals surface area contributed by atoms with Crippen molar-refractivity contribution in [2.45, 2.75) is 17.8 Å². The SMILES string of the molecule is Cc1nnc(SCc2cccnc2NN)n1C. The third-order valence-electron chi connectivity index (χ3n) is 2.44. The number of pyridine rings is 1. The van der Waals surface area contributed by atoms with Crippen LogP contribution in [0.3, 0.4) is 0 Å². The third-order valence-corrected chi connectivity index (χ3v) is 3.51. The standard InChI is InChI=1S/C10H14N6S/c1-7-14-15-10(16(7)2)17-6-8-4-3-5-12-9(8)13-11/h3-5H,6,11H2,1-2H3,(H,12,13). The van der Waals surface area contributed by atoms with Gasteiger partial charge in [0.2, 0.25) is 0 Å². The first-order valence-electron chi connectivity index (χ1n) is 5.11. The highest BCUT2D eigenvalue weighted by molar-refractivity contribution is 7.98. The lowest BCUT2D eigenvalue weighted by atomic mass is 10.3. The van der Waals surface area contributed by atoms with Gasteiger partial charge in [0, 0.05) is 24.6 Å². The van der Waals surface area contributed by atoms with Gasteiger partial charge >= 0.3 is 0 Å². The Balaban J connectivity index is 2.10. The molecule has 6 nitrogen and oxygen atoms in total. The number of anilines is 1. The summed E-state index contributed by atoms with van der Waals surface area (Å²) >= 11 is 1.60. The van der Waals surface area contributed by atoms with E-state index in [1.54, 1.807) is 18.0 Å². The lowest BCUT2D eigenvalue weighted by molar-refractivity contribution is 0.765. The first kappa shape index (κ1) is 11.9. The summed E-state index contributed by atoms with van der Waals surface area (Å²) in [5.74, 6) is 7.74. The molecule has 0 bridgehead atoms. The van der Waals surface area contributed by atoms with Crippen LogP contribution in [0.2, 0.25) is 0 Å². The van der Waals surface area contributed by atoms with E-state index < -0.39 is 0 Å². The van der Waals surface area contributed by atoms with Crippen LogP contribution in [0.4, 0.5) is 5.82 Å². The predicted octanol–water partition coefficient (Wildman–Crippen LogP) is 1.10. The van der Waals surface area contributed by atoms with Crippen LogP contribution >= 0.6 is 11.8 Å². The fourth-order valence-corrected chi connectivity index (χ4v) is 2.28. The molecule has 0 unspecified atom stereocenters. The van der Waals surface area contributed by atoms with E-state index in [2.05, 4.69) is 20.6 Å². The number of nitrogens with zero attached hydrogens (tertiary/aromatic N) is 4. The van der Waals surface area contributed by atoms with Gasteiger partial charge in [-0.2, -0.15) is 0 Å². The Morgan fingerprint density at radius 1 is 1.47 bits per heavy atom.